The van der Waals surface area contributed by atoms with Crippen molar-refractivity contribution in [3.05, 3.63) is 41.2 Å². The van der Waals surface area contributed by atoms with Gasteiger partial charge in [0.25, 0.3) is 0 Å². The van der Waals surface area contributed by atoms with Crippen molar-refractivity contribution in [2.75, 3.05) is 37.7 Å². The summed E-state index contributed by atoms with van der Waals surface area (Å²) in [6.07, 6.45) is 3.39. The van der Waals surface area contributed by atoms with Gasteiger partial charge in [-0.05, 0) is 24.6 Å². The molecule has 0 saturated carbocycles. The highest BCUT2D eigenvalue weighted by Crippen LogP contribution is 2.31. The van der Waals surface area contributed by atoms with Crippen molar-refractivity contribution in [1.82, 2.24) is 14.9 Å². The van der Waals surface area contributed by atoms with Gasteiger partial charge in [-0.25, -0.2) is 4.98 Å². The Labute approximate surface area is 145 Å². The molecule has 2 aromatic rings. The fraction of sp³-hybridized carbons (Fsp3) is 0.353. The van der Waals surface area contributed by atoms with E-state index < -0.39 is 6.61 Å². The van der Waals surface area contributed by atoms with Gasteiger partial charge in [0, 0.05) is 44.1 Å². The number of aromatic nitrogens is 2. The standard InChI is InChI=1S/C17H19ClN4O2/c1-12-3-2-4-19-17(12)13-9-15(20-10-14(13)18)21-5-7-22(8-6-21)16(24)11-23/h2-4,9-10,23H,5-8,11H2,1H3. The van der Waals surface area contributed by atoms with Crippen molar-refractivity contribution in [1.29, 1.82) is 0 Å². The van der Waals surface area contributed by atoms with Gasteiger partial charge in [0.1, 0.15) is 12.4 Å². The number of carbonyl (C=O) groups is 1. The van der Waals surface area contributed by atoms with Crippen LogP contribution in [0.1, 0.15) is 5.56 Å². The molecule has 0 aliphatic carbocycles. The average molecular weight is 347 g/mol. The number of rotatable bonds is 3. The molecule has 2 aromatic heterocycles. The van der Waals surface area contributed by atoms with Crippen molar-refractivity contribution < 1.29 is 9.90 Å². The highest BCUT2D eigenvalue weighted by Gasteiger charge is 2.22. The van der Waals surface area contributed by atoms with E-state index in [1.54, 1.807) is 17.3 Å². The number of nitrogens with zero attached hydrogens (tertiary/aromatic N) is 4. The van der Waals surface area contributed by atoms with Gasteiger partial charge in [0.2, 0.25) is 5.91 Å². The number of pyridine rings is 2. The smallest absolute Gasteiger partial charge is 0.248 e. The van der Waals surface area contributed by atoms with E-state index in [1.807, 2.05) is 25.1 Å². The maximum Gasteiger partial charge on any atom is 0.248 e. The van der Waals surface area contributed by atoms with Gasteiger partial charge < -0.3 is 14.9 Å². The van der Waals surface area contributed by atoms with Crippen LogP contribution in [0.3, 0.4) is 0 Å². The molecular formula is C17H19ClN4O2. The lowest BCUT2D eigenvalue weighted by molar-refractivity contribution is -0.134. The highest BCUT2D eigenvalue weighted by molar-refractivity contribution is 6.33. The highest BCUT2D eigenvalue weighted by atomic mass is 35.5. The van der Waals surface area contributed by atoms with E-state index in [9.17, 15) is 4.79 Å². The molecule has 0 bridgehead atoms. The van der Waals surface area contributed by atoms with E-state index in [0.717, 1.165) is 22.6 Å². The second-order valence-corrected chi connectivity index (χ2v) is 6.12. The van der Waals surface area contributed by atoms with Crippen molar-refractivity contribution in [3.63, 3.8) is 0 Å². The van der Waals surface area contributed by atoms with Crippen LogP contribution < -0.4 is 4.90 Å². The number of piperazine rings is 1. The van der Waals surface area contributed by atoms with Crippen molar-refractivity contribution >= 4 is 23.3 Å². The summed E-state index contributed by atoms with van der Waals surface area (Å²) in [6, 6.07) is 5.84. The van der Waals surface area contributed by atoms with Gasteiger partial charge in [-0.3, -0.25) is 9.78 Å². The third-order valence-corrected chi connectivity index (χ3v) is 4.50. The summed E-state index contributed by atoms with van der Waals surface area (Å²) in [5.41, 5.74) is 2.75. The van der Waals surface area contributed by atoms with Crippen LogP contribution >= 0.6 is 11.6 Å². The second-order valence-electron chi connectivity index (χ2n) is 5.72. The molecule has 3 heterocycles. The number of hydrogen-bond acceptors (Lipinski definition) is 5. The number of aryl methyl sites for hydroxylation is 1. The van der Waals surface area contributed by atoms with E-state index in [4.69, 9.17) is 16.7 Å². The number of anilines is 1. The summed E-state index contributed by atoms with van der Waals surface area (Å²) in [5, 5.41) is 9.51. The lowest BCUT2D eigenvalue weighted by Crippen LogP contribution is -2.49. The van der Waals surface area contributed by atoms with Crippen molar-refractivity contribution in [2.45, 2.75) is 6.92 Å². The zero-order valence-corrected chi connectivity index (χ0v) is 14.2. The third-order valence-electron chi connectivity index (χ3n) is 4.20. The predicted molar refractivity (Wildman–Crippen MR) is 93.1 cm³/mol. The molecule has 0 aromatic carbocycles. The molecule has 1 fully saturated rings. The number of aliphatic hydroxyl groups excluding tert-OH is 1. The Balaban J connectivity index is 1.83. The minimum absolute atomic E-state index is 0.233. The van der Waals surface area contributed by atoms with Gasteiger partial charge in [-0.2, -0.15) is 0 Å². The molecule has 24 heavy (non-hydrogen) atoms. The molecule has 0 spiro atoms. The molecule has 1 N–H and O–H groups in total. The Hall–Kier alpha value is -2.18. The molecule has 1 amide bonds. The van der Waals surface area contributed by atoms with Crippen LogP contribution in [0.4, 0.5) is 5.82 Å². The molecular weight excluding hydrogens is 328 g/mol. The molecule has 1 saturated heterocycles. The van der Waals surface area contributed by atoms with Crippen LogP contribution in [-0.4, -0.2) is 58.7 Å². The fourth-order valence-electron chi connectivity index (χ4n) is 2.83. The maximum atomic E-state index is 11.5. The quantitative estimate of drug-likeness (QED) is 0.916. The summed E-state index contributed by atoms with van der Waals surface area (Å²) in [4.78, 5) is 24.2. The number of carbonyl (C=O) groups excluding carboxylic acids is 1. The van der Waals surface area contributed by atoms with E-state index in [0.29, 0.717) is 31.2 Å². The monoisotopic (exact) mass is 346 g/mol. The molecule has 3 rings (SSSR count). The topological polar surface area (TPSA) is 69.6 Å². The second kappa shape index (κ2) is 7.15. The molecule has 126 valence electrons. The number of amides is 1. The Morgan fingerprint density at radius 2 is 2.04 bits per heavy atom. The SMILES string of the molecule is Cc1cccnc1-c1cc(N2CCN(C(=O)CO)CC2)ncc1Cl. The lowest BCUT2D eigenvalue weighted by atomic mass is 10.1. The maximum absolute atomic E-state index is 11.5. The summed E-state index contributed by atoms with van der Waals surface area (Å²) >= 11 is 6.32. The van der Waals surface area contributed by atoms with Crippen LogP contribution in [0.15, 0.2) is 30.6 Å². The van der Waals surface area contributed by atoms with Gasteiger partial charge in [-0.15, -0.1) is 0 Å². The zero-order chi connectivity index (χ0) is 17.1. The van der Waals surface area contributed by atoms with Crippen LogP contribution in [0, 0.1) is 6.92 Å². The minimum atomic E-state index is -0.442. The first-order valence-corrected chi connectivity index (χ1v) is 8.19. The summed E-state index contributed by atoms with van der Waals surface area (Å²) in [7, 11) is 0. The summed E-state index contributed by atoms with van der Waals surface area (Å²) in [5.74, 6) is 0.582. The molecule has 7 heteroatoms. The Kier molecular flexibility index (Phi) is 4.97. The van der Waals surface area contributed by atoms with Gasteiger partial charge in [0.05, 0.1) is 10.7 Å². The average Bonchev–Trinajstić information content (AvgIpc) is 2.62. The number of aliphatic hydroxyl groups is 1. The van der Waals surface area contributed by atoms with E-state index in [2.05, 4.69) is 14.9 Å². The molecule has 0 radical (unpaired) electrons. The third kappa shape index (κ3) is 3.34. The first-order valence-electron chi connectivity index (χ1n) is 7.81. The molecule has 1 aliphatic rings. The van der Waals surface area contributed by atoms with E-state index >= 15 is 0 Å². The Morgan fingerprint density at radius 1 is 1.29 bits per heavy atom. The van der Waals surface area contributed by atoms with E-state index in [-0.39, 0.29) is 5.91 Å². The minimum Gasteiger partial charge on any atom is -0.387 e. The Morgan fingerprint density at radius 3 is 2.71 bits per heavy atom. The van der Waals surface area contributed by atoms with Crippen molar-refractivity contribution in [3.8, 4) is 11.3 Å². The number of hydrogen-bond donors (Lipinski definition) is 1. The molecule has 1 aliphatic heterocycles. The van der Waals surface area contributed by atoms with Gasteiger partial charge >= 0.3 is 0 Å². The van der Waals surface area contributed by atoms with Gasteiger partial charge in [0.15, 0.2) is 0 Å². The first kappa shape index (κ1) is 16.7. The lowest BCUT2D eigenvalue weighted by Gasteiger charge is -2.35. The molecule has 0 atom stereocenters. The van der Waals surface area contributed by atoms with Crippen LogP contribution in [0.25, 0.3) is 11.3 Å². The molecule has 0 unspecified atom stereocenters. The summed E-state index contributed by atoms with van der Waals surface area (Å²) < 4.78 is 0. The normalized spacial score (nSPS) is 14.8. The van der Waals surface area contributed by atoms with E-state index in [1.165, 1.54) is 0 Å². The van der Waals surface area contributed by atoms with Crippen LogP contribution in [0.5, 0.6) is 0 Å². The number of halogens is 1. The first-order chi connectivity index (χ1) is 11.6. The van der Waals surface area contributed by atoms with Gasteiger partial charge in [-0.1, -0.05) is 17.7 Å². The fourth-order valence-corrected chi connectivity index (χ4v) is 3.03. The Bertz CT molecular complexity index is 745. The zero-order valence-electron chi connectivity index (χ0n) is 13.4. The van der Waals surface area contributed by atoms with Crippen LogP contribution in [0.2, 0.25) is 5.02 Å². The molecule has 6 nitrogen and oxygen atoms in total. The van der Waals surface area contributed by atoms with Crippen LogP contribution in [-0.2, 0) is 4.79 Å². The van der Waals surface area contributed by atoms with Crippen molar-refractivity contribution in [2.24, 2.45) is 0 Å². The largest absolute Gasteiger partial charge is 0.387 e. The summed E-state index contributed by atoms with van der Waals surface area (Å²) in [6.45, 7) is 4.03. The predicted octanol–water partition coefficient (Wildman–Crippen LogP) is 1.75.